The van der Waals surface area contributed by atoms with Crippen LogP contribution in [0.2, 0.25) is 0 Å². The Hall–Kier alpha value is -1.41. The third-order valence-corrected chi connectivity index (χ3v) is 6.42. The summed E-state index contributed by atoms with van der Waals surface area (Å²) in [6.07, 6.45) is 4.80. The number of hydrogen-bond donors (Lipinski definition) is 0. The van der Waals surface area contributed by atoms with Crippen LogP contribution in [0.25, 0.3) is 0 Å². The number of carbonyl (C=O) groups is 1. The van der Waals surface area contributed by atoms with Crippen LogP contribution in [-0.2, 0) is 21.9 Å². The molecule has 0 radical (unpaired) electrons. The normalized spacial score (nSPS) is 27.1. The van der Waals surface area contributed by atoms with E-state index in [9.17, 15) is 13.2 Å². The Morgan fingerprint density at radius 3 is 2.67 bits per heavy atom. The summed E-state index contributed by atoms with van der Waals surface area (Å²) >= 11 is 0. The monoisotopic (exact) mass is 312 g/mol. The molecular formula is C13H20N4O3S. The summed E-state index contributed by atoms with van der Waals surface area (Å²) < 4.78 is 27.1. The highest BCUT2D eigenvalue weighted by molar-refractivity contribution is 7.89. The number of aromatic nitrogens is 2. The van der Waals surface area contributed by atoms with Gasteiger partial charge >= 0.3 is 0 Å². The van der Waals surface area contributed by atoms with Gasteiger partial charge in [0.05, 0.1) is 23.1 Å². The van der Waals surface area contributed by atoms with Gasteiger partial charge in [0.25, 0.3) is 0 Å². The summed E-state index contributed by atoms with van der Waals surface area (Å²) in [6.45, 7) is 3.03. The maximum Gasteiger partial charge on any atom is 0.234 e. The van der Waals surface area contributed by atoms with Crippen molar-refractivity contribution < 1.29 is 13.2 Å². The molecule has 8 heteroatoms. The number of amides is 1. The Labute approximate surface area is 124 Å². The largest absolute Gasteiger partial charge is 0.309 e. The molecule has 3 rings (SSSR count). The lowest BCUT2D eigenvalue weighted by atomic mass is 9.86. The predicted octanol–water partition coefficient (Wildman–Crippen LogP) is 0.199. The minimum absolute atomic E-state index is 0.0318. The average Bonchev–Trinajstić information content (AvgIpc) is 3.13. The highest BCUT2D eigenvalue weighted by Crippen LogP contribution is 2.42. The molecule has 0 aliphatic carbocycles. The number of nitrogens with zero attached hydrogens (tertiary/aromatic N) is 4. The zero-order valence-corrected chi connectivity index (χ0v) is 13.1. The fourth-order valence-corrected chi connectivity index (χ4v) is 4.43. The molecule has 1 unspecified atom stereocenters. The molecule has 2 aliphatic heterocycles. The zero-order valence-electron chi connectivity index (χ0n) is 12.3. The van der Waals surface area contributed by atoms with E-state index in [1.165, 1.54) is 4.31 Å². The molecule has 0 aromatic carbocycles. The predicted molar refractivity (Wildman–Crippen MR) is 78.3 cm³/mol. The second kappa shape index (κ2) is 4.81. The first kappa shape index (κ1) is 14.5. The maximum atomic E-state index is 12.8. The number of aryl methyl sites for hydroxylation is 1. The van der Waals surface area contributed by atoms with E-state index in [-0.39, 0.29) is 11.7 Å². The molecule has 1 aromatic rings. The van der Waals surface area contributed by atoms with Crippen molar-refractivity contribution in [1.82, 2.24) is 14.1 Å². The molecule has 116 valence electrons. The Morgan fingerprint density at radius 2 is 2.05 bits per heavy atom. The molecule has 21 heavy (non-hydrogen) atoms. The van der Waals surface area contributed by atoms with Gasteiger partial charge in [-0.25, -0.2) is 12.7 Å². The average molecular weight is 312 g/mol. The van der Waals surface area contributed by atoms with Crippen LogP contribution in [0.1, 0.15) is 19.8 Å². The molecule has 3 heterocycles. The van der Waals surface area contributed by atoms with Gasteiger partial charge in [0.2, 0.25) is 15.9 Å². The fourth-order valence-electron chi connectivity index (χ4n) is 3.25. The van der Waals surface area contributed by atoms with Gasteiger partial charge in [-0.1, -0.05) is 0 Å². The molecular weight excluding hydrogens is 292 g/mol. The standard InChI is InChI=1S/C13H20N4O3S/c1-3-21(19,20)16-6-4-13(10-16)5-7-17(12(13)18)11-8-14-15(2)9-11/h8-9H,3-7,10H2,1-2H3. The number of rotatable bonds is 3. The van der Waals surface area contributed by atoms with Gasteiger partial charge in [-0.15, -0.1) is 0 Å². The Morgan fingerprint density at radius 1 is 1.33 bits per heavy atom. The van der Waals surface area contributed by atoms with E-state index >= 15 is 0 Å². The van der Waals surface area contributed by atoms with Crippen LogP contribution in [0.5, 0.6) is 0 Å². The molecule has 1 amide bonds. The van der Waals surface area contributed by atoms with Gasteiger partial charge < -0.3 is 4.90 Å². The molecule has 2 saturated heterocycles. The molecule has 7 nitrogen and oxygen atoms in total. The first-order chi connectivity index (χ1) is 9.88. The lowest BCUT2D eigenvalue weighted by Crippen LogP contribution is -2.38. The molecule has 0 bridgehead atoms. The van der Waals surface area contributed by atoms with Crippen molar-refractivity contribution in [2.24, 2.45) is 12.5 Å². The summed E-state index contributed by atoms with van der Waals surface area (Å²) in [5.74, 6) is 0.119. The minimum Gasteiger partial charge on any atom is -0.309 e. The van der Waals surface area contributed by atoms with Gasteiger partial charge in [0.1, 0.15) is 0 Å². The summed E-state index contributed by atoms with van der Waals surface area (Å²) in [5, 5.41) is 4.09. The summed E-state index contributed by atoms with van der Waals surface area (Å²) in [5.41, 5.74) is 0.245. The van der Waals surface area contributed by atoms with Gasteiger partial charge in [0.15, 0.2) is 0 Å². The highest BCUT2D eigenvalue weighted by atomic mass is 32.2. The van der Waals surface area contributed by atoms with E-state index in [0.29, 0.717) is 32.5 Å². The van der Waals surface area contributed by atoms with Crippen molar-refractivity contribution in [1.29, 1.82) is 0 Å². The smallest absolute Gasteiger partial charge is 0.234 e. The molecule has 2 aliphatic rings. The molecule has 1 spiro atoms. The van der Waals surface area contributed by atoms with Crippen LogP contribution in [-0.4, -0.2) is 53.8 Å². The topological polar surface area (TPSA) is 75.5 Å². The maximum absolute atomic E-state index is 12.8. The molecule has 0 N–H and O–H groups in total. The first-order valence-corrected chi connectivity index (χ1v) is 8.77. The van der Waals surface area contributed by atoms with Crippen LogP contribution >= 0.6 is 0 Å². The molecule has 1 aromatic heterocycles. The third kappa shape index (κ3) is 2.26. The van der Waals surface area contributed by atoms with Gasteiger partial charge in [-0.2, -0.15) is 5.10 Å². The molecule has 2 fully saturated rings. The van der Waals surface area contributed by atoms with E-state index in [0.717, 1.165) is 5.69 Å². The van der Waals surface area contributed by atoms with Gasteiger partial charge in [0, 0.05) is 32.9 Å². The van der Waals surface area contributed by atoms with Crippen molar-refractivity contribution in [3.8, 4) is 0 Å². The van der Waals surface area contributed by atoms with Crippen molar-refractivity contribution >= 4 is 21.6 Å². The zero-order chi connectivity index (χ0) is 15.3. The summed E-state index contributed by atoms with van der Waals surface area (Å²) in [7, 11) is -1.41. The number of carbonyl (C=O) groups excluding carboxylic acids is 1. The number of sulfonamides is 1. The lowest BCUT2D eigenvalue weighted by Gasteiger charge is -2.22. The Kier molecular flexibility index (Phi) is 3.32. The quantitative estimate of drug-likeness (QED) is 0.799. The Balaban J connectivity index is 1.81. The molecule has 1 atom stereocenters. The van der Waals surface area contributed by atoms with Crippen molar-refractivity contribution in [2.75, 3.05) is 30.3 Å². The fraction of sp³-hybridized carbons (Fsp3) is 0.692. The van der Waals surface area contributed by atoms with Gasteiger partial charge in [-0.3, -0.25) is 9.48 Å². The minimum atomic E-state index is -3.22. The van der Waals surface area contributed by atoms with Crippen molar-refractivity contribution in [3.63, 3.8) is 0 Å². The van der Waals surface area contributed by atoms with Gasteiger partial charge in [-0.05, 0) is 19.8 Å². The van der Waals surface area contributed by atoms with E-state index in [1.807, 2.05) is 13.2 Å². The van der Waals surface area contributed by atoms with E-state index in [4.69, 9.17) is 0 Å². The van der Waals surface area contributed by atoms with Crippen LogP contribution in [0, 0.1) is 5.41 Å². The highest BCUT2D eigenvalue weighted by Gasteiger charge is 2.53. The van der Waals surface area contributed by atoms with Crippen molar-refractivity contribution in [3.05, 3.63) is 12.4 Å². The SMILES string of the molecule is CCS(=O)(=O)N1CCC2(CCN(c3cnn(C)c3)C2=O)C1. The lowest BCUT2D eigenvalue weighted by molar-refractivity contribution is -0.124. The summed E-state index contributed by atoms with van der Waals surface area (Å²) in [4.78, 5) is 14.5. The van der Waals surface area contributed by atoms with Crippen LogP contribution in [0.3, 0.4) is 0 Å². The number of anilines is 1. The molecule has 0 saturated carbocycles. The summed E-state index contributed by atoms with van der Waals surface area (Å²) in [6, 6.07) is 0. The second-order valence-electron chi connectivity index (χ2n) is 5.84. The first-order valence-electron chi connectivity index (χ1n) is 7.16. The van der Waals surface area contributed by atoms with Crippen LogP contribution < -0.4 is 4.90 Å². The van der Waals surface area contributed by atoms with E-state index in [2.05, 4.69) is 5.10 Å². The van der Waals surface area contributed by atoms with Crippen molar-refractivity contribution in [2.45, 2.75) is 19.8 Å². The second-order valence-corrected chi connectivity index (χ2v) is 8.10. The number of hydrogen-bond acceptors (Lipinski definition) is 4. The van der Waals surface area contributed by atoms with E-state index in [1.54, 1.807) is 22.7 Å². The van der Waals surface area contributed by atoms with Crippen LogP contribution in [0.15, 0.2) is 12.4 Å². The Bertz CT molecular complexity index is 669. The van der Waals surface area contributed by atoms with Crippen LogP contribution in [0.4, 0.5) is 5.69 Å². The third-order valence-electron chi connectivity index (χ3n) is 4.59. The van der Waals surface area contributed by atoms with E-state index < -0.39 is 15.4 Å².